The third-order valence-electron chi connectivity index (χ3n) is 4.41. The number of aliphatic carboxylic acids is 1. The number of nitrogens with one attached hydrogen (secondary N) is 1. The largest absolute Gasteiger partial charge is 0.480 e. The minimum atomic E-state index is -1.59. The highest BCUT2D eigenvalue weighted by molar-refractivity contribution is 5.99. The van der Waals surface area contributed by atoms with Crippen LogP contribution in [0.5, 0.6) is 0 Å². The molecule has 0 unspecified atom stereocenters. The van der Waals surface area contributed by atoms with Crippen LogP contribution in [-0.4, -0.2) is 62.2 Å². The van der Waals surface area contributed by atoms with Crippen molar-refractivity contribution in [3.05, 3.63) is 44.0 Å². The first kappa shape index (κ1) is 22.2. The fourth-order valence-electron chi connectivity index (χ4n) is 3.05. The van der Waals surface area contributed by atoms with E-state index in [1.165, 1.54) is 0 Å². The van der Waals surface area contributed by atoms with E-state index in [1.807, 2.05) is 0 Å². The van der Waals surface area contributed by atoms with Gasteiger partial charge in [-0.3, -0.25) is 34.6 Å². The second-order valence-corrected chi connectivity index (χ2v) is 6.48. The van der Waals surface area contributed by atoms with Crippen molar-refractivity contribution in [1.29, 1.82) is 0 Å². The number of non-ortho nitro benzene ring substituents is 2. The highest BCUT2D eigenvalue weighted by atomic mass is 16.6. The Hall–Kier alpha value is -4.10. The molecular weight excluding hydrogens is 406 g/mol. The van der Waals surface area contributed by atoms with Gasteiger partial charge in [0.25, 0.3) is 17.3 Å². The van der Waals surface area contributed by atoms with Crippen LogP contribution in [0, 0.1) is 20.2 Å². The molecule has 1 aromatic carbocycles. The molecule has 14 nitrogen and oxygen atoms in total. The van der Waals surface area contributed by atoms with Crippen LogP contribution in [0.15, 0.2) is 18.2 Å². The summed E-state index contributed by atoms with van der Waals surface area (Å²) in [7, 11) is 0. The van der Waals surface area contributed by atoms with E-state index in [-0.39, 0.29) is 18.5 Å². The summed E-state index contributed by atoms with van der Waals surface area (Å²) >= 11 is 0. The Morgan fingerprint density at radius 1 is 1.17 bits per heavy atom. The van der Waals surface area contributed by atoms with Gasteiger partial charge in [0.2, 0.25) is 11.8 Å². The lowest BCUT2D eigenvalue weighted by Gasteiger charge is -2.25. The molecule has 14 heteroatoms. The maximum atomic E-state index is 12.8. The summed E-state index contributed by atoms with van der Waals surface area (Å²) in [6.45, 7) is 0.0704. The van der Waals surface area contributed by atoms with Crippen molar-refractivity contribution < 1.29 is 34.1 Å². The maximum Gasteiger partial charge on any atom is 0.326 e. The fraction of sp³-hybridized carbons (Fsp3) is 0.375. The highest BCUT2D eigenvalue weighted by Gasteiger charge is 2.37. The molecule has 0 aromatic heterocycles. The van der Waals surface area contributed by atoms with Crippen LogP contribution >= 0.6 is 0 Å². The SMILES string of the molecule is NC(=O)C[C@@H](NC(=O)[C@H]1CCCN1C(=O)c1cc([N+](=O)[O-])cc([N+](=O)[O-])c1)C(=O)O. The third kappa shape index (κ3) is 5.03. The molecule has 3 amide bonds. The second kappa shape index (κ2) is 8.93. The van der Waals surface area contributed by atoms with Crippen LogP contribution in [0.2, 0.25) is 0 Å². The normalized spacial score (nSPS) is 16.5. The number of nitro groups is 2. The number of nitrogens with two attached hydrogens (primary N) is 1. The van der Waals surface area contributed by atoms with E-state index < -0.39 is 63.4 Å². The molecule has 2 atom stereocenters. The van der Waals surface area contributed by atoms with Crippen molar-refractivity contribution in [2.24, 2.45) is 5.73 Å². The Morgan fingerprint density at radius 3 is 2.20 bits per heavy atom. The molecule has 2 rings (SSSR count). The summed E-state index contributed by atoms with van der Waals surface area (Å²) in [4.78, 5) is 68.8. The van der Waals surface area contributed by atoms with Crippen molar-refractivity contribution in [1.82, 2.24) is 10.2 Å². The minimum absolute atomic E-state index is 0.0704. The lowest BCUT2D eigenvalue weighted by atomic mass is 10.1. The molecule has 30 heavy (non-hydrogen) atoms. The number of rotatable bonds is 8. The van der Waals surface area contributed by atoms with Gasteiger partial charge in [-0.2, -0.15) is 0 Å². The summed E-state index contributed by atoms with van der Waals surface area (Å²) < 4.78 is 0. The van der Waals surface area contributed by atoms with Crippen LogP contribution in [0.4, 0.5) is 11.4 Å². The number of carboxylic acid groups (broad SMARTS) is 1. The standard InChI is InChI=1S/C16H17N5O9/c17-13(22)7-11(16(25)26)18-14(23)12-2-1-3-19(12)15(24)8-4-9(20(27)28)6-10(5-8)21(29)30/h4-6,11-12H,1-3,7H2,(H2,17,22)(H,18,23)(H,25,26)/t11-,12-/m1/s1. The number of primary amides is 1. The Labute approximate surface area is 167 Å². The number of benzene rings is 1. The fourth-order valence-corrected chi connectivity index (χ4v) is 3.05. The van der Waals surface area contributed by atoms with Gasteiger partial charge in [0.15, 0.2) is 0 Å². The molecule has 0 radical (unpaired) electrons. The minimum Gasteiger partial charge on any atom is -0.480 e. The van der Waals surface area contributed by atoms with Gasteiger partial charge in [0.1, 0.15) is 12.1 Å². The van der Waals surface area contributed by atoms with E-state index in [0.717, 1.165) is 17.0 Å². The molecule has 1 saturated heterocycles. The number of hydrogen-bond acceptors (Lipinski definition) is 8. The molecule has 0 bridgehead atoms. The Balaban J connectivity index is 2.28. The zero-order valence-corrected chi connectivity index (χ0v) is 15.3. The number of carbonyl (C=O) groups is 4. The van der Waals surface area contributed by atoms with Crippen LogP contribution < -0.4 is 11.1 Å². The Bertz CT molecular complexity index is 899. The number of carbonyl (C=O) groups excluding carboxylic acids is 3. The van der Waals surface area contributed by atoms with Crippen molar-refractivity contribution in [2.45, 2.75) is 31.3 Å². The maximum absolute atomic E-state index is 12.8. The number of likely N-dealkylation sites (tertiary alicyclic amines) is 1. The summed E-state index contributed by atoms with van der Waals surface area (Å²) in [6.07, 6.45) is -0.120. The average molecular weight is 423 g/mol. The van der Waals surface area contributed by atoms with Crippen LogP contribution in [0.3, 0.4) is 0 Å². The number of carboxylic acids is 1. The van der Waals surface area contributed by atoms with Gasteiger partial charge in [-0.1, -0.05) is 0 Å². The first-order chi connectivity index (χ1) is 14.0. The molecule has 4 N–H and O–H groups in total. The number of nitrogens with zero attached hydrogens (tertiary/aromatic N) is 3. The summed E-state index contributed by atoms with van der Waals surface area (Å²) in [6, 6.07) is -0.297. The van der Waals surface area contributed by atoms with Gasteiger partial charge in [-0.15, -0.1) is 0 Å². The third-order valence-corrected chi connectivity index (χ3v) is 4.41. The van der Waals surface area contributed by atoms with Crippen molar-refractivity contribution in [3.8, 4) is 0 Å². The van der Waals surface area contributed by atoms with Gasteiger partial charge >= 0.3 is 5.97 Å². The number of amides is 3. The lowest BCUT2D eigenvalue weighted by molar-refractivity contribution is -0.394. The zero-order valence-electron chi connectivity index (χ0n) is 15.3. The summed E-state index contributed by atoms with van der Waals surface area (Å²) in [5.74, 6) is -4.16. The zero-order chi connectivity index (χ0) is 22.6. The van der Waals surface area contributed by atoms with Crippen LogP contribution in [0.1, 0.15) is 29.6 Å². The van der Waals surface area contributed by atoms with E-state index in [0.29, 0.717) is 12.5 Å². The molecule has 0 saturated carbocycles. The molecule has 1 fully saturated rings. The van der Waals surface area contributed by atoms with Gasteiger partial charge in [-0.25, -0.2) is 4.79 Å². The molecule has 0 aliphatic carbocycles. The predicted molar refractivity (Wildman–Crippen MR) is 97.2 cm³/mol. The van der Waals surface area contributed by atoms with Crippen LogP contribution in [-0.2, 0) is 14.4 Å². The van der Waals surface area contributed by atoms with Gasteiger partial charge < -0.3 is 21.1 Å². The van der Waals surface area contributed by atoms with E-state index >= 15 is 0 Å². The number of hydrogen-bond donors (Lipinski definition) is 3. The molecule has 1 heterocycles. The monoisotopic (exact) mass is 423 g/mol. The highest BCUT2D eigenvalue weighted by Crippen LogP contribution is 2.26. The quantitative estimate of drug-likeness (QED) is 0.364. The van der Waals surface area contributed by atoms with Gasteiger partial charge in [-0.05, 0) is 12.8 Å². The lowest BCUT2D eigenvalue weighted by Crippen LogP contribution is -2.51. The average Bonchev–Trinajstić information content (AvgIpc) is 3.15. The first-order valence-corrected chi connectivity index (χ1v) is 8.57. The van der Waals surface area contributed by atoms with E-state index in [4.69, 9.17) is 10.8 Å². The molecular formula is C16H17N5O9. The van der Waals surface area contributed by atoms with Crippen molar-refractivity contribution >= 4 is 35.1 Å². The first-order valence-electron chi connectivity index (χ1n) is 8.57. The molecule has 1 aromatic rings. The van der Waals surface area contributed by atoms with E-state index in [9.17, 15) is 39.4 Å². The smallest absolute Gasteiger partial charge is 0.326 e. The predicted octanol–water partition coefficient (Wildman–Crippen LogP) is -0.448. The molecule has 1 aliphatic heterocycles. The Morgan fingerprint density at radius 2 is 1.73 bits per heavy atom. The summed E-state index contributed by atoms with van der Waals surface area (Å²) in [5, 5.41) is 33.3. The number of nitro benzene ring substituents is 2. The van der Waals surface area contributed by atoms with E-state index in [1.54, 1.807) is 0 Å². The second-order valence-electron chi connectivity index (χ2n) is 6.48. The van der Waals surface area contributed by atoms with Crippen LogP contribution in [0.25, 0.3) is 0 Å². The van der Waals surface area contributed by atoms with Gasteiger partial charge in [0, 0.05) is 18.7 Å². The molecule has 0 spiro atoms. The summed E-state index contributed by atoms with van der Waals surface area (Å²) in [5.41, 5.74) is 3.27. The topological polar surface area (TPSA) is 216 Å². The van der Waals surface area contributed by atoms with Crippen molar-refractivity contribution in [3.63, 3.8) is 0 Å². The molecule has 1 aliphatic rings. The molecule has 160 valence electrons. The Kier molecular flexibility index (Phi) is 6.61. The van der Waals surface area contributed by atoms with E-state index in [2.05, 4.69) is 5.32 Å². The van der Waals surface area contributed by atoms with Gasteiger partial charge in [0.05, 0.1) is 27.9 Å². The van der Waals surface area contributed by atoms with Crippen molar-refractivity contribution in [2.75, 3.05) is 6.54 Å².